The number of likely N-dealkylation sites (tertiary alicyclic amines) is 1. The SMILES string of the molecule is CCC(C)CN1CCC(Cc2ccn3ncc(-n4ccc(=O)[nH]c4=O)c3c2)CC1. The van der Waals surface area contributed by atoms with E-state index in [9.17, 15) is 9.59 Å². The summed E-state index contributed by atoms with van der Waals surface area (Å²) < 4.78 is 3.20. The van der Waals surface area contributed by atoms with Crippen LogP contribution in [0.3, 0.4) is 0 Å². The summed E-state index contributed by atoms with van der Waals surface area (Å²) in [6, 6.07) is 5.58. The van der Waals surface area contributed by atoms with Gasteiger partial charge < -0.3 is 4.90 Å². The number of piperidine rings is 1. The topological polar surface area (TPSA) is 75.4 Å². The van der Waals surface area contributed by atoms with Crippen LogP contribution in [0.5, 0.6) is 0 Å². The van der Waals surface area contributed by atoms with Crippen molar-refractivity contribution in [3.8, 4) is 5.69 Å². The van der Waals surface area contributed by atoms with Crippen LogP contribution in [-0.2, 0) is 6.42 Å². The molecule has 1 atom stereocenters. The van der Waals surface area contributed by atoms with Gasteiger partial charge in [0.05, 0.1) is 17.4 Å². The number of rotatable bonds is 6. The van der Waals surface area contributed by atoms with E-state index in [1.54, 1.807) is 10.7 Å². The number of nitrogens with one attached hydrogen (secondary N) is 1. The van der Waals surface area contributed by atoms with Gasteiger partial charge in [0, 0.05) is 25.0 Å². The van der Waals surface area contributed by atoms with Crippen molar-refractivity contribution in [1.82, 2.24) is 24.1 Å². The third-order valence-electron chi connectivity index (χ3n) is 6.15. The lowest BCUT2D eigenvalue weighted by Crippen LogP contribution is -2.37. The normalized spacial score (nSPS) is 17.0. The van der Waals surface area contributed by atoms with Gasteiger partial charge in [-0.3, -0.25) is 14.3 Å². The van der Waals surface area contributed by atoms with E-state index >= 15 is 0 Å². The molecule has 1 aliphatic rings. The number of pyridine rings is 1. The highest BCUT2D eigenvalue weighted by atomic mass is 16.2. The summed E-state index contributed by atoms with van der Waals surface area (Å²) in [6.45, 7) is 8.17. The second-order valence-electron chi connectivity index (χ2n) is 8.34. The van der Waals surface area contributed by atoms with Crippen LogP contribution in [0.25, 0.3) is 11.2 Å². The predicted octanol–water partition coefficient (Wildman–Crippen LogP) is 2.47. The largest absolute Gasteiger partial charge is 0.333 e. The molecule has 3 aromatic rings. The number of aromatic nitrogens is 4. The zero-order valence-electron chi connectivity index (χ0n) is 17.2. The fraction of sp³-hybridized carbons (Fsp3) is 0.500. The van der Waals surface area contributed by atoms with Gasteiger partial charge >= 0.3 is 5.69 Å². The standard InChI is InChI=1S/C22H29N5O2/c1-3-16(2)15-25-8-4-17(5-9-25)12-18-6-11-27-19(13-18)20(14-23-27)26-10-7-21(28)24-22(26)29/h6-7,10-11,13-14,16-17H,3-5,8-9,12,15H2,1-2H3,(H,24,28,29). The van der Waals surface area contributed by atoms with Crippen LogP contribution >= 0.6 is 0 Å². The van der Waals surface area contributed by atoms with Crippen LogP contribution in [0.2, 0.25) is 0 Å². The van der Waals surface area contributed by atoms with E-state index < -0.39 is 11.2 Å². The molecule has 29 heavy (non-hydrogen) atoms. The summed E-state index contributed by atoms with van der Waals surface area (Å²) in [5.41, 5.74) is 1.95. The van der Waals surface area contributed by atoms with Gasteiger partial charge in [-0.25, -0.2) is 9.31 Å². The molecule has 7 heteroatoms. The molecule has 0 radical (unpaired) electrons. The Balaban J connectivity index is 1.50. The summed E-state index contributed by atoms with van der Waals surface area (Å²) in [7, 11) is 0. The van der Waals surface area contributed by atoms with Gasteiger partial charge in [0.1, 0.15) is 0 Å². The molecule has 154 valence electrons. The van der Waals surface area contributed by atoms with E-state index in [0.717, 1.165) is 17.9 Å². The molecule has 1 aliphatic heterocycles. The summed E-state index contributed by atoms with van der Waals surface area (Å²) in [6.07, 6.45) is 9.85. The van der Waals surface area contributed by atoms with E-state index in [4.69, 9.17) is 0 Å². The van der Waals surface area contributed by atoms with Crippen molar-refractivity contribution in [3.63, 3.8) is 0 Å². The zero-order valence-corrected chi connectivity index (χ0v) is 17.2. The van der Waals surface area contributed by atoms with Crippen LogP contribution in [0, 0.1) is 11.8 Å². The maximum Gasteiger partial charge on any atom is 0.333 e. The average Bonchev–Trinajstić information content (AvgIpc) is 3.12. The first-order valence-electron chi connectivity index (χ1n) is 10.5. The molecular weight excluding hydrogens is 366 g/mol. The molecule has 0 saturated carbocycles. The lowest BCUT2D eigenvalue weighted by Gasteiger charge is -2.33. The van der Waals surface area contributed by atoms with Crippen LogP contribution < -0.4 is 11.2 Å². The molecule has 1 saturated heterocycles. The molecular formula is C22H29N5O2. The van der Waals surface area contributed by atoms with Crippen molar-refractivity contribution >= 4 is 5.52 Å². The van der Waals surface area contributed by atoms with Gasteiger partial charge in [0.25, 0.3) is 5.56 Å². The van der Waals surface area contributed by atoms with E-state index in [2.05, 4.69) is 41.0 Å². The first-order valence-corrected chi connectivity index (χ1v) is 10.5. The minimum absolute atomic E-state index is 0.400. The molecule has 3 aromatic heterocycles. The van der Waals surface area contributed by atoms with E-state index in [1.165, 1.54) is 61.3 Å². The highest BCUT2D eigenvalue weighted by molar-refractivity contribution is 5.64. The van der Waals surface area contributed by atoms with Crippen molar-refractivity contribution in [2.45, 2.75) is 39.5 Å². The van der Waals surface area contributed by atoms with Crippen LogP contribution in [0.1, 0.15) is 38.7 Å². The van der Waals surface area contributed by atoms with E-state index in [1.807, 2.05) is 6.20 Å². The second kappa shape index (κ2) is 8.37. The zero-order chi connectivity index (χ0) is 20.4. The van der Waals surface area contributed by atoms with Gasteiger partial charge in [-0.1, -0.05) is 20.3 Å². The van der Waals surface area contributed by atoms with Gasteiger partial charge in [-0.15, -0.1) is 0 Å². The molecule has 4 rings (SSSR count). The van der Waals surface area contributed by atoms with Crippen molar-refractivity contribution in [2.75, 3.05) is 19.6 Å². The quantitative estimate of drug-likeness (QED) is 0.696. The Labute approximate surface area is 170 Å². The lowest BCUT2D eigenvalue weighted by atomic mass is 9.90. The van der Waals surface area contributed by atoms with Crippen molar-refractivity contribution in [2.24, 2.45) is 11.8 Å². The summed E-state index contributed by atoms with van der Waals surface area (Å²) in [5.74, 6) is 1.46. The number of hydrogen-bond donors (Lipinski definition) is 1. The molecule has 0 spiro atoms. The number of nitrogens with zero attached hydrogens (tertiary/aromatic N) is 4. The Morgan fingerprint density at radius 1 is 1.21 bits per heavy atom. The molecule has 1 unspecified atom stereocenters. The first kappa shape index (κ1) is 19.6. The number of fused-ring (bicyclic) bond motifs is 1. The second-order valence-corrected chi connectivity index (χ2v) is 8.34. The molecule has 0 amide bonds. The smallest absolute Gasteiger partial charge is 0.303 e. The molecule has 1 N–H and O–H groups in total. The first-order chi connectivity index (χ1) is 14.0. The van der Waals surface area contributed by atoms with Crippen LogP contribution in [0.15, 0.2) is 46.4 Å². The molecule has 7 nitrogen and oxygen atoms in total. The van der Waals surface area contributed by atoms with Crippen LogP contribution in [0.4, 0.5) is 0 Å². The third-order valence-corrected chi connectivity index (χ3v) is 6.15. The maximum absolute atomic E-state index is 12.2. The van der Waals surface area contributed by atoms with E-state index in [0.29, 0.717) is 11.6 Å². The molecule has 1 fully saturated rings. The Hall–Kier alpha value is -2.67. The van der Waals surface area contributed by atoms with Crippen molar-refractivity contribution < 1.29 is 0 Å². The van der Waals surface area contributed by atoms with Gasteiger partial charge in [-0.2, -0.15) is 5.10 Å². The summed E-state index contributed by atoms with van der Waals surface area (Å²) in [4.78, 5) is 28.4. The monoisotopic (exact) mass is 395 g/mol. The van der Waals surface area contributed by atoms with Gasteiger partial charge in [0.15, 0.2) is 0 Å². The summed E-state index contributed by atoms with van der Waals surface area (Å²) >= 11 is 0. The predicted molar refractivity (Wildman–Crippen MR) is 114 cm³/mol. The van der Waals surface area contributed by atoms with Gasteiger partial charge in [-0.05, 0) is 61.9 Å². The highest BCUT2D eigenvalue weighted by Crippen LogP contribution is 2.24. The Kier molecular flexibility index (Phi) is 5.67. The lowest BCUT2D eigenvalue weighted by molar-refractivity contribution is 0.162. The fourth-order valence-corrected chi connectivity index (χ4v) is 4.21. The van der Waals surface area contributed by atoms with Crippen molar-refractivity contribution in [1.29, 1.82) is 0 Å². The number of hydrogen-bond acceptors (Lipinski definition) is 4. The minimum Gasteiger partial charge on any atom is -0.303 e. The molecule has 4 heterocycles. The van der Waals surface area contributed by atoms with Crippen LogP contribution in [-0.4, -0.2) is 43.7 Å². The highest BCUT2D eigenvalue weighted by Gasteiger charge is 2.20. The third kappa shape index (κ3) is 4.34. The Bertz CT molecular complexity index is 1090. The number of H-pyrrole nitrogens is 1. The molecule has 0 aromatic carbocycles. The fourth-order valence-electron chi connectivity index (χ4n) is 4.21. The Morgan fingerprint density at radius 3 is 2.72 bits per heavy atom. The summed E-state index contributed by atoms with van der Waals surface area (Å²) in [5, 5.41) is 4.35. The minimum atomic E-state index is -0.452. The average molecular weight is 396 g/mol. The van der Waals surface area contributed by atoms with Crippen molar-refractivity contribution in [3.05, 3.63) is 63.2 Å². The maximum atomic E-state index is 12.2. The Morgan fingerprint density at radius 2 is 2.00 bits per heavy atom. The number of aromatic amines is 1. The molecule has 0 aliphatic carbocycles. The van der Waals surface area contributed by atoms with E-state index in [-0.39, 0.29) is 0 Å². The van der Waals surface area contributed by atoms with Gasteiger partial charge in [0.2, 0.25) is 0 Å². The molecule has 0 bridgehead atoms.